The topological polar surface area (TPSA) is 96.1 Å². The Morgan fingerprint density at radius 1 is 1.28 bits per heavy atom. The Labute approximate surface area is 147 Å². The Kier molecular flexibility index (Phi) is 5.24. The maximum atomic E-state index is 12.7. The highest BCUT2D eigenvalue weighted by Gasteiger charge is 2.40. The Bertz CT molecular complexity index is 643. The average molecular weight is 347 g/mol. The van der Waals surface area contributed by atoms with Crippen LogP contribution in [0.1, 0.15) is 29.6 Å². The fourth-order valence-corrected chi connectivity index (χ4v) is 3.86. The van der Waals surface area contributed by atoms with E-state index in [0.29, 0.717) is 37.4 Å². The van der Waals surface area contributed by atoms with Gasteiger partial charge in [-0.3, -0.25) is 14.5 Å². The van der Waals surface area contributed by atoms with E-state index in [1.165, 1.54) is 0 Å². The summed E-state index contributed by atoms with van der Waals surface area (Å²) in [6.45, 7) is 1.72. The molecule has 0 saturated carbocycles. The summed E-state index contributed by atoms with van der Waals surface area (Å²) in [5.74, 6) is 0.271. The predicted molar refractivity (Wildman–Crippen MR) is 92.2 cm³/mol. The molecular weight excluding hydrogens is 322 g/mol. The Hall–Kier alpha value is -2.12. The zero-order chi connectivity index (χ0) is 18.0. The van der Waals surface area contributed by atoms with E-state index < -0.39 is 12.1 Å². The molecule has 2 amide bonds. The van der Waals surface area contributed by atoms with Gasteiger partial charge in [0.25, 0.3) is 5.91 Å². The second kappa shape index (κ2) is 7.41. The molecule has 136 valence electrons. The molecular formula is C18H25N3O4. The minimum Gasteiger partial charge on any atom is -0.497 e. The van der Waals surface area contributed by atoms with Crippen molar-refractivity contribution >= 4 is 11.8 Å². The van der Waals surface area contributed by atoms with Crippen LogP contribution in [0.15, 0.2) is 24.3 Å². The van der Waals surface area contributed by atoms with Gasteiger partial charge in [-0.05, 0) is 37.5 Å². The van der Waals surface area contributed by atoms with Crippen molar-refractivity contribution in [2.75, 3.05) is 26.7 Å². The first-order valence-electron chi connectivity index (χ1n) is 8.66. The van der Waals surface area contributed by atoms with Gasteiger partial charge in [0.2, 0.25) is 5.91 Å². The van der Waals surface area contributed by atoms with Crippen molar-refractivity contribution in [3.8, 4) is 5.75 Å². The number of piperidine rings is 1. The number of nitrogens with two attached hydrogens (primary N) is 1. The number of benzene rings is 1. The molecule has 3 N–H and O–H groups in total. The summed E-state index contributed by atoms with van der Waals surface area (Å²) in [5.41, 5.74) is 6.08. The smallest absolute Gasteiger partial charge is 0.253 e. The van der Waals surface area contributed by atoms with Crippen molar-refractivity contribution in [3.05, 3.63) is 29.8 Å². The van der Waals surface area contributed by atoms with Crippen LogP contribution in [0.3, 0.4) is 0 Å². The largest absolute Gasteiger partial charge is 0.497 e. The van der Waals surface area contributed by atoms with Gasteiger partial charge in [-0.1, -0.05) is 6.07 Å². The number of likely N-dealkylation sites (tertiary alicyclic amines) is 2. The molecule has 25 heavy (non-hydrogen) atoms. The molecule has 1 aromatic rings. The van der Waals surface area contributed by atoms with E-state index >= 15 is 0 Å². The van der Waals surface area contributed by atoms with E-state index in [1.54, 1.807) is 19.2 Å². The molecule has 0 bridgehead atoms. The highest BCUT2D eigenvalue weighted by molar-refractivity contribution is 5.94. The molecule has 2 aliphatic rings. The molecule has 0 unspecified atom stereocenters. The number of methoxy groups -OCH3 is 1. The van der Waals surface area contributed by atoms with Gasteiger partial charge in [0.1, 0.15) is 5.75 Å². The molecule has 0 radical (unpaired) electrons. The van der Waals surface area contributed by atoms with Gasteiger partial charge < -0.3 is 20.5 Å². The van der Waals surface area contributed by atoms with Crippen molar-refractivity contribution in [3.63, 3.8) is 0 Å². The normalized spacial score (nSPS) is 25.1. The molecule has 0 aromatic heterocycles. The van der Waals surface area contributed by atoms with Crippen LogP contribution in [0.2, 0.25) is 0 Å². The number of hydrogen-bond acceptors (Lipinski definition) is 5. The molecule has 1 aromatic carbocycles. The maximum Gasteiger partial charge on any atom is 0.253 e. The molecule has 2 saturated heterocycles. The van der Waals surface area contributed by atoms with Crippen molar-refractivity contribution in [1.29, 1.82) is 0 Å². The lowest BCUT2D eigenvalue weighted by molar-refractivity contribution is -0.123. The Morgan fingerprint density at radius 2 is 2.00 bits per heavy atom. The summed E-state index contributed by atoms with van der Waals surface area (Å²) < 4.78 is 5.18. The summed E-state index contributed by atoms with van der Waals surface area (Å²) in [6, 6.07) is 6.92. The summed E-state index contributed by atoms with van der Waals surface area (Å²) in [6.07, 6.45) is 1.44. The standard InChI is InChI=1S/C18H25N3O4/c1-25-15-4-2-3-12(9-15)18(24)20-7-5-13(6-8-20)21-11-14(22)10-16(21)17(19)23/h2-4,9,13-14,16,22H,5-8,10-11H2,1H3,(H2,19,23)/t14-,16+/m1/s1. The van der Waals surface area contributed by atoms with Gasteiger partial charge in [-0.2, -0.15) is 0 Å². The number of carbonyl (C=O) groups is 2. The number of nitrogens with zero attached hydrogens (tertiary/aromatic N) is 2. The van der Waals surface area contributed by atoms with E-state index in [2.05, 4.69) is 0 Å². The number of rotatable bonds is 4. The van der Waals surface area contributed by atoms with E-state index in [-0.39, 0.29) is 17.9 Å². The number of ether oxygens (including phenoxy) is 1. The quantitative estimate of drug-likeness (QED) is 0.812. The SMILES string of the molecule is COc1cccc(C(=O)N2CCC(N3C[C@H](O)C[C@H]3C(N)=O)CC2)c1. The maximum absolute atomic E-state index is 12.7. The van der Waals surface area contributed by atoms with Gasteiger partial charge in [-0.25, -0.2) is 0 Å². The molecule has 2 heterocycles. The number of hydrogen-bond donors (Lipinski definition) is 2. The number of β-amino-alcohol motifs (C(OH)–C–C–N with tert-alkyl or cyclic N) is 1. The molecule has 2 atom stereocenters. The lowest BCUT2D eigenvalue weighted by Gasteiger charge is -2.38. The first kappa shape index (κ1) is 17.7. The van der Waals surface area contributed by atoms with Gasteiger partial charge in [0, 0.05) is 31.2 Å². The Balaban J connectivity index is 1.61. The summed E-state index contributed by atoms with van der Waals surface area (Å²) in [4.78, 5) is 28.1. The highest BCUT2D eigenvalue weighted by Crippen LogP contribution is 2.27. The second-order valence-corrected chi connectivity index (χ2v) is 6.76. The van der Waals surface area contributed by atoms with Crippen molar-refractivity contribution in [2.24, 2.45) is 5.73 Å². The van der Waals surface area contributed by atoms with Crippen LogP contribution in [-0.4, -0.2) is 71.7 Å². The monoisotopic (exact) mass is 347 g/mol. The van der Waals surface area contributed by atoms with Gasteiger partial charge in [0.15, 0.2) is 0 Å². The van der Waals surface area contributed by atoms with Crippen molar-refractivity contribution in [2.45, 2.75) is 37.5 Å². The van der Waals surface area contributed by atoms with Crippen LogP contribution < -0.4 is 10.5 Å². The number of primary amides is 1. The summed E-state index contributed by atoms with van der Waals surface area (Å²) >= 11 is 0. The fraction of sp³-hybridized carbons (Fsp3) is 0.556. The second-order valence-electron chi connectivity index (χ2n) is 6.76. The molecule has 2 aliphatic heterocycles. The van der Waals surface area contributed by atoms with E-state index in [1.807, 2.05) is 21.9 Å². The third-order valence-corrected chi connectivity index (χ3v) is 5.18. The first-order valence-corrected chi connectivity index (χ1v) is 8.66. The van der Waals surface area contributed by atoms with Crippen molar-refractivity contribution < 1.29 is 19.4 Å². The molecule has 7 heteroatoms. The lowest BCUT2D eigenvalue weighted by Crippen LogP contribution is -2.51. The lowest BCUT2D eigenvalue weighted by atomic mass is 10.0. The molecule has 3 rings (SSSR count). The van der Waals surface area contributed by atoms with E-state index in [0.717, 1.165) is 12.8 Å². The van der Waals surface area contributed by atoms with E-state index in [4.69, 9.17) is 10.5 Å². The zero-order valence-electron chi connectivity index (χ0n) is 14.4. The van der Waals surface area contributed by atoms with Crippen LogP contribution in [0.25, 0.3) is 0 Å². The number of carbonyl (C=O) groups excluding carboxylic acids is 2. The van der Waals surface area contributed by atoms with Crippen LogP contribution >= 0.6 is 0 Å². The Morgan fingerprint density at radius 3 is 2.64 bits per heavy atom. The summed E-state index contributed by atoms with van der Waals surface area (Å²) in [7, 11) is 1.58. The number of amides is 2. The van der Waals surface area contributed by atoms with Crippen LogP contribution in [0.5, 0.6) is 5.75 Å². The molecule has 7 nitrogen and oxygen atoms in total. The van der Waals surface area contributed by atoms with Gasteiger partial charge in [0.05, 0.1) is 19.3 Å². The molecule has 0 spiro atoms. The van der Waals surface area contributed by atoms with E-state index in [9.17, 15) is 14.7 Å². The van der Waals surface area contributed by atoms with Crippen LogP contribution in [-0.2, 0) is 4.79 Å². The average Bonchev–Trinajstić information content (AvgIpc) is 3.03. The molecule has 2 fully saturated rings. The van der Waals surface area contributed by atoms with Gasteiger partial charge in [-0.15, -0.1) is 0 Å². The third-order valence-electron chi connectivity index (χ3n) is 5.18. The highest BCUT2D eigenvalue weighted by atomic mass is 16.5. The third kappa shape index (κ3) is 3.77. The van der Waals surface area contributed by atoms with Crippen molar-refractivity contribution in [1.82, 2.24) is 9.80 Å². The van der Waals surface area contributed by atoms with Crippen LogP contribution in [0.4, 0.5) is 0 Å². The van der Waals surface area contributed by atoms with Gasteiger partial charge >= 0.3 is 0 Å². The number of aliphatic hydroxyl groups excluding tert-OH is 1. The summed E-state index contributed by atoms with van der Waals surface area (Å²) in [5, 5.41) is 9.86. The first-order chi connectivity index (χ1) is 12.0. The fourth-order valence-electron chi connectivity index (χ4n) is 3.86. The minimum absolute atomic E-state index is 0.00902. The van der Waals surface area contributed by atoms with Crippen LogP contribution in [0, 0.1) is 0 Å². The zero-order valence-corrected chi connectivity index (χ0v) is 14.4. The number of aliphatic hydroxyl groups is 1. The molecule has 0 aliphatic carbocycles. The predicted octanol–water partition coefficient (Wildman–Crippen LogP) is 0.220. The minimum atomic E-state index is -0.506.